The highest BCUT2D eigenvalue weighted by Crippen LogP contribution is 2.30. The maximum Gasteiger partial charge on any atom is 0.228 e. The third-order valence-electron chi connectivity index (χ3n) is 7.65. The smallest absolute Gasteiger partial charge is 0.228 e. The number of methoxy groups -OCH3 is 2. The summed E-state index contributed by atoms with van der Waals surface area (Å²) in [6.45, 7) is 6.47. The van der Waals surface area contributed by atoms with Crippen LogP contribution >= 0.6 is 0 Å². The Labute approximate surface area is 224 Å². The molecule has 0 radical (unpaired) electrons. The number of piperidine rings is 1. The van der Waals surface area contributed by atoms with Crippen LogP contribution in [0.4, 0.5) is 10.1 Å². The molecular formula is C29H39FN4O4. The minimum Gasteiger partial charge on any atom is -0.493 e. The second kappa shape index (κ2) is 13.1. The van der Waals surface area contributed by atoms with E-state index in [1.165, 1.54) is 12.1 Å². The van der Waals surface area contributed by atoms with E-state index in [2.05, 4.69) is 27.4 Å². The number of rotatable bonds is 10. The Hall–Kier alpha value is -3.17. The van der Waals surface area contributed by atoms with Crippen molar-refractivity contribution in [3.05, 3.63) is 53.8 Å². The molecule has 2 aliphatic heterocycles. The van der Waals surface area contributed by atoms with E-state index in [4.69, 9.17) is 9.47 Å². The van der Waals surface area contributed by atoms with Gasteiger partial charge in [0.2, 0.25) is 11.8 Å². The second-order valence-electron chi connectivity index (χ2n) is 10.2. The van der Waals surface area contributed by atoms with Crippen molar-refractivity contribution in [2.45, 2.75) is 38.8 Å². The lowest BCUT2D eigenvalue weighted by molar-refractivity contribution is -0.130. The number of nitrogens with one attached hydrogen (secondary N) is 2. The largest absolute Gasteiger partial charge is 0.493 e. The van der Waals surface area contributed by atoms with Crippen LogP contribution in [0, 0.1) is 17.7 Å². The first kappa shape index (κ1) is 27.9. The molecule has 38 heavy (non-hydrogen) atoms. The number of ether oxygens (including phenoxy) is 2. The second-order valence-corrected chi connectivity index (χ2v) is 10.2. The Morgan fingerprint density at radius 3 is 2.39 bits per heavy atom. The molecule has 2 fully saturated rings. The van der Waals surface area contributed by atoms with Gasteiger partial charge in [0, 0.05) is 37.9 Å². The third-order valence-corrected chi connectivity index (χ3v) is 7.65. The first-order valence-corrected chi connectivity index (χ1v) is 13.4. The predicted molar refractivity (Wildman–Crippen MR) is 145 cm³/mol. The Kier molecular flexibility index (Phi) is 9.58. The molecule has 2 aromatic carbocycles. The molecule has 0 aliphatic carbocycles. The van der Waals surface area contributed by atoms with Crippen LogP contribution in [0.2, 0.25) is 0 Å². The SMILES string of the molecule is CCN1CCC[C@@H]1CNC(=O)[C@H]1C[C@@H](C(=O)Nc2ccc(F)cc2)CN(Cc2ccc(OC)c(OC)c2)C1. The van der Waals surface area contributed by atoms with Crippen molar-refractivity contribution in [3.63, 3.8) is 0 Å². The summed E-state index contributed by atoms with van der Waals surface area (Å²) < 4.78 is 24.1. The van der Waals surface area contributed by atoms with Gasteiger partial charge in [0.05, 0.1) is 26.1 Å². The molecule has 2 saturated heterocycles. The molecule has 9 heteroatoms. The quantitative estimate of drug-likeness (QED) is 0.493. The van der Waals surface area contributed by atoms with Crippen LogP contribution in [0.15, 0.2) is 42.5 Å². The molecule has 0 spiro atoms. The van der Waals surface area contributed by atoms with E-state index in [0.717, 1.165) is 31.5 Å². The number of halogens is 1. The average Bonchev–Trinajstić information content (AvgIpc) is 3.40. The van der Waals surface area contributed by atoms with Crippen LogP contribution in [0.5, 0.6) is 11.5 Å². The Bertz CT molecular complexity index is 1100. The van der Waals surface area contributed by atoms with Gasteiger partial charge in [-0.25, -0.2) is 4.39 Å². The molecule has 2 aliphatic rings. The van der Waals surface area contributed by atoms with Crippen molar-refractivity contribution >= 4 is 17.5 Å². The first-order chi connectivity index (χ1) is 18.4. The van der Waals surface area contributed by atoms with Gasteiger partial charge >= 0.3 is 0 Å². The van der Waals surface area contributed by atoms with E-state index in [0.29, 0.717) is 55.8 Å². The van der Waals surface area contributed by atoms with Crippen molar-refractivity contribution in [3.8, 4) is 11.5 Å². The Morgan fingerprint density at radius 2 is 1.71 bits per heavy atom. The summed E-state index contributed by atoms with van der Waals surface area (Å²) in [5.74, 6) is 0.0506. The van der Waals surface area contributed by atoms with Crippen molar-refractivity contribution in [1.29, 1.82) is 0 Å². The molecule has 2 amide bonds. The molecule has 206 valence electrons. The summed E-state index contributed by atoms with van der Waals surface area (Å²) in [6, 6.07) is 11.9. The fourth-order valence-corrected chi connectivity index (χ4v) is 5.62. The molecule has 2 N–H and O–H groups in total. The summed E-state index contributed by atoms with van der Waals surface area (Å²) >= 11 is 0. The van der Waals surface area contributed by atoms with E-state index in [1.807, 2.05) is 18.2 Å². The summed E-state index contributed by atoms with van der Waals surface area (Å²) in [6.07, 6.45) is 2.71. The van der Waals surface area contributed by atoms with Gasteiger partial charge in [-0.3, -0.25) is 19.4 Å². The minimum absolute atomic E-state index is 0.00968. The number of likely N-dealkylation sites (tertiary alicyclic amines) is 2. The molecular weight excluding hydrogens is 487 g/mol. The molecule has 0 bridgehead atoms. The lowest BCUT2D eigenvalue weighted by atomic mass is 9.87. The molecule has 0 saturated carbocycles. The maximum absolute atomic E-state index is 13.3. The van der Waals surface area contributed by atoms with Gasteiger partial charge in [-0.1, -0.05) is 13.0 Å². The molecule has 2 heterocycles. The number of carbonyl (C=O) groups is 2. The zero-order chi connectivity index (χ0) is 27.1. The van der Waals surface area contributed by atoms with Gasteiger partial charge in [0.15, 0.2) is 11.5 Å². The fourth-order valence-electron chi connectivity index (χ4n) is 5.62. The van der Waals surface area contributed by atoms with E-state index in [9.17, 15) is 14.0 Å². The van der Waals surface area contributed by atoms with Gasteiger partial charge in [-0.05, 0) is 74.3 Å². The van der Waals surface area contributed by atoms with Crippen LogP contribution in [-0.4, -0.2) is 74.6 Å². The van der Waals surface area contributed by atoms with Gasteiger partial charge in [-0.15, -0.1) is 0 Å². The van der Waals surface area contributed by atoms with E-state index in [-0.39, 0.29) is 29.5 Å². The Balaban J connectivity index is 1.46. The molecule has 0 unspecified atom stereocenters. The van der Waals surface area contributed by atoms with E-state index in [1.54, 1.807) is 26.4 Å². The first-order valence-electron chi connectivity index (χ1n) is 13.4. The normalized spacial score (nSPS) is 22.2. The summed E-state index contributed by atoms with van der Waals surface area (Å²) in [5, 5.41) is 6.07. The number of carbonyl (C=O) groups excluding carboxylic acids is 2. The molecule has 0 aromatic heterocycles. The number of likely N-dealkylation sites (N-methyl/N-ethyl adjacent to an activating group) is 1. The third kappa shape index (κ3) is 7.02. The van der Waals surface area contributed by atoms with E-state index < -0.39 is 0 Å². The summed E-state index contributed by atoms with van der Waals surface area (Å²) in [4.78, 5) is 31.1. The number of hydrogen-bond acceptors (Lipinski definition) is 6. The highest BCUT2D eigenvalue weighted by atomic mass is 19.1. The monoisotopic (exact) mass is 526 g/mol. The van der Waals surface area contributed by atoms with Crippen LogP contribution in [0.3, 0.4) is 0 Å². The molecule has 2 aromatic rings. The van der Waals surface area contributed by atoms with Crippen LogP contribution < -0.4 is 20.1 Å². The predicted octanol–water partition coefficient (Wildman–Crippen LogP) is 3.52. The lowest BCUT2D eigenvalue weighted by Crippen LogP contribution is -2.50. The minimum atomic E-state index is -0.386. The molecule has 8 nitrogen and oxygen atoms in total. The number of anilines is 1. The highest BCUT2D eigenvalue weighted by Gasteiger charge is 2.36. The number of hydrogen-bond donors (Lipinski definition) is 2. The fraction of sp³-hybridized carbons (Fsp3) is 0.517. The topological polar surface area (TPSA) is 83.1 Å². The molecule has 4 rings (SSSR count). The average molecular weight is 527 g/mol. The number of benzene rings is 2. The number of nitrogens with zero attached hydrogens (tertiary/aromatic N) is 2. The maximum atomic E-state index is 13.3. The van der Waals surface area contributed by atoms with Gasteiger partial charge < -0.3 is 20.1 Å². The van der Waals surface area contributed by atoms with Crippen molar-refractivity contribution in [2.24, 2.45) is 11.8 Å². The number of amides is 2. The van der Waals surface area contributed by atoms with Crippen LogP contribution in [0.1, 0.15) is 31.7 Å². The summed E-state index contributed by atoms with van der Waals surface area (Å²) in [5.41, 5.74) is 1.54. The highest BCUT2D eigenvalue weighted by molar-refractivity contribution is 5.93. The van der Waals surface area contributed by atoms with Gasteiger partial charge in [0.25, 0.3) is 0 Å². The Morgan fingerprint density at radius 1 is 1.00 bits per heavy atom. The van der Waals surface area contributed by atoms with Crippen molar-refractivity contribution < 1.29 is 23.5 Å². The van der Waals surface area contributed by atoms with Crippen molar-refractivity contribution in [1.82, 2.24) is 15.1 Å². The van der Waals surface area contributed by atoms with E-state index >= 15 is 0 Å². The zero-order valence-electron chi connectivity index (χ0n) is 22.5. The standard InChI is InChI=1S/C29H39FN4O4/c1-4-34-13-5-6-25(34)16-31-28(35)21-15-22(29(36)32-24-10-8-23(30)9-11-24)19-33(18-21)17-20-7-12-26(37-2)27(14-20)38-3/h7-12,14,21-22,25H,4-6,13,15-19H2,1-3H3,(H,31,35)(H,32,36)/t21-,22+,25+/m0/s1. The van der Waals surface area contributed by atoms with Crippen LogP contribution in [0.25, 0.3) is 0 Å². The van der Waals surface area contributed by atoms with Crippen molar-refractivity contribution in [2.75, 3.05) is 52.3 Å². The summed E-state index contributed by atoms with van der Waals surface area (Å²) in [7, 11) is 3.20. The van der Waals surface area contributed by atoms with Gasteiger partial charge in [0.1, 0.15) is 5.82 Å². The zero-order valence-corrected chi connectivity index (χ0v) is 22.5. The van der Waals surface area contributed by atoms with Crippen LogP contribution in [-0.2, 0) is 16.1 Å². The lowest BCUT2D eigenvalue weighted by Gasteiger charge is -2.37. The van der Waals surface area contributed by atoms with Gasteiger partial charge in [-0.2, -0.15) is 0 Å². The molecule has 3 atom stereocenters.